The van der Waals surface area contributed by atoms with E-state index in [1.165, 1.54) is 0 Å². The fraction of sp³-hybridized carbons (Fsp3) is 0.389. The lowest BCUT2D eigenvalue weighted by atomic mass is 10.2. The summed E-state index contributed by atoms with van der Waals surface area (Å²) in [7, 11) is 0. The molecule has 0 spiro atoms. The molecule has 0 aliphatic carbocycles. The molecule has 1 fully saturated rings. The average molecular weight is 348 g/mol. The monoisotopic (exact) mass is 347 g/mol. The molecule has 2 heterocycles. The Morgan fingerprint density at radius 1 is 1.25 bits per heavy atom. The maximum atomic E-state index is 12.4. The number of anilines is 1. The van der Waals surface area contributed by atoms with E-state index >= 15 is 0 Å². The molecular formula is C18H22ClN3O2. The van der Waals surface area contributed by atoms with Crippen molar-refractivity contribution in [3.63, 3.8) is 0 Å². The van der Waals surface area contributed by atoms with E-state index in [1.54, 1.807) is 6.26 Å². The Hall–Kier alpha value is -1.98. The molecule has 1 atom stereocenters. The van der Waals surface area contributed by atoms with Gasteiger partial charge in [-0.25, -0.2) is 0 Å². The van der Waals surface area contributed by atoms with Crippen LogP contribution < -0.4 is 10.2 Å². The van der Waals surface area contributed by atoms with Crippen molar-refractivity contribution in [3.05, 3.63) is 53.4 Å². The first-order chi connectivity index (χ1) is 11.6. The fourth-order valence-electron chi connectivity index (χ4n) is 2.88. The third-order valence-electron chi connectivity index (χ3n) is 4.34. The van der Waals surface area contributed by atoms with Crippen LogP contribution in [-0.4, -0.2) is 43.5 Å². The number of hydrogen-bond acceptors (Lipinski definition) is 4. The summed E-state index contributed by atoms with van der Waals surface area (Å²) >= 11 is 6.05. The Balaban J connectivity index is 1.46. The van der Waals surface area contributed by atoms with Crippen LogP contribution in [0.3, 0.4) is 0 Å². The molecule has 24 heavy (non-hydrogen) atoms. The molecule has 0 saturated carbocycles. The Kier molecular flexibility index (Phi) is 5.43. The van der Waals surface area contributed by atoms with E-state index in [0.717, 1.165) is 42.6 Å². The number of carbonyl (C=O) groups excluding carboxylic acids is 1. The van der Waals surface area contributed by atoms with Crippen molar-refractivity contribution in [2.75, 3.05) is 37.6 Å². The highest BCUT2D eigenvalue weighted by molar-refractivity contribution is 6.30. The maximum absolute atomic E-state index is 12.4. The number of rotatable bonds is 5. The minimum Gasteiger partial charge on any atom is -0.468 e. The van der Waals surface area contributed by atoms with Crippen molar-refractivity contribution in [2.24, 2.45) is 0 Å². The first-order valence-corrected chi connectivity index (χ1v) is 8.56. The second kappa shape index (κ2) is 7.73. The summed E-state index contributed by atoms with van der Waals surface area (Å²) in [6.07, 6.45) is 1.64. The van der Waals surface area contributed by atoms with Gasteiger partial charge < -0.3 is 14.2 Å². The van der Waals surface area contributed by atoms with Gasteiger partial charge in [-0.05, 0) is 37.3 Å². The number of amides is 1. The number of furan rings is 1. The second-order valence-corrected chi connectivity index (χ2v) is 6.40. The lowest BCUT2D eigenvalue weighted by Gasteiger charge is -2.36. The third-order valence-corrected chi connectivity index (χ3v) is 4.57. The standard InChI is InChI=1S/C18H22ClN3O2/c1-14(17-6-3-11-24-17)20-13-18(23)22-9-7-21(8-10-22)16-5-2-4-15(19)12-16/h2-6,11-12,14,20H,7-10,13H2,1H3/t14-/m1/s1. The highest BCUT2D eigenvalue weighted by Crippen LogP contribution is 2.20. The molecule has 1 aromatic heterocycles. The summed E-state index contributed by atoms with van der Waals surface area (Å²) in [6, 6.07) is 11.6. The van der Waals surface area contributed by atoms with Crippen LogP contribution in [0.2, 0.25) is 5.02 Å². The van der Waals surface area contributed by atoms with E-state index in [1.807, 2.05) is 42.2 Å². The number of nitrogens with one attached hydrogen (secondary N) is 1. The molecule has 0 radical (unpaired) electrons. The topological polar surface area (TPSA) is 48.7 Å². The minimum atomic E-state index is 0.0247. The molecular weight excluding hydrogens is 326 g/mol. The van der Waals surface area contributed by atoms with Crippen LogP contribution in [0, 0.1) is 0 Å². The van der Waals surface area contributed by atoms with E-state index in [0.29, 0.717) is 6.54 Å². The van der Waals surface area contributed by atoms with Crippen LogP contribution in [0.5, 0.6) is 0 Å². The highest BCUT2D eigenvalue weighted by atomic mass is 35.5. The number of piperazine rings is 1. The van der Waals surface area contributed by atoms with Gasteiger partial charge in [-0.2, -0.15) is 0 Å². The third kappa shape index (κ3) is 4.10. The van der Waals surface area contributed by atoms with Gasteiger partial charge in [0.15, 0.2) is 0 Å². The van der Waals surface area contributed by atoms with E-state index in [2.05, 4.69) is 16.3 Å². The normalized spacial score (nSPS) is 16.2. The predicted molar refractivity (Wildman–Crippen MR) is 95.4 cm³/mol. The first kappa shape index (κ1) is 16.9. The molecule has 5 nitrogen and oxygen atoms in total. The van der Waals surface area contributed by atoms with Gasteiger partial charge in [0.25, 0.3) is 0 Å². The summed E-state index contributed by atoms with van der Waals surface area (Å²) < 4.78 is 5.34. The Morgan fingerprint density at radius 2 is 2.04 bits per heavy atom. The number of hydrogen-bond donors (Lipinski definition) is 1. The molecule has 1 aromatic carbocycles. The number of nitrogens with zero attached hydrogens (tertiary/aromatic N) is 2. The fourth-order valence-corrected chi connectivity index (χ4v) is 3.06. The summed E-state index contributed by atoms with van der Waals surface area (Å²) in [4.78, 5) is 16.5. The van der Waals surface area contributed by atoms with Crippen molar-refractivity contribution in [3.8, 4) is 0 Å². The maximum Gasteiger partial charge on any atom is 0.236 e. The summed E-state index contributed by atoms with van der Waals surface area (Å²) in [5.41, 5.74) is 1.11. The van der Waals surface area contributed by atoms with Crippen molar-refractivity contribution in [1.82, 2.24) is 10.2 Å². The van der Waals surface area contributed by atoms with Gasteiger partial charge in [0.1, 0.15) is 5.76 Å². The van der Waals surface area contributed by atoms with Crippen molar-refractivity contribution < 1.29 is 9.21 Å². The van der Waals surface area contributed by atoms with Gasteiger partial charge in [-0.15, -0.1) is 0 Å². The Bertz CT molecular complexity index is 667. The summed E-state index contributed by atoms with van der Waals surface area (Å²) in [6.45, 7) is 5.40. The van der Waals surface area contributed by atoms with Gasteiger partial charge in [0.05, 0.1) is 18.8 Å². The number of benzene rings is 1. The van der Waals surface area contributed by atoms with Gasteiger partial charge in [-0.3, -0.25) is 10.1 Å². The highest BCUT2D eigenvalue weighted by Gasteiger charge is 2.21. The second-order valence-electron chi connectivity index (χ2n) is 5.97. The van der Waals surface area contributed by atoms with E-state index in [-0.39, 0.29) is 11.9 Å². The van der Waals surface area contributed by atoms with Crippen molar-refractivity contribution in [1.29, 1.82) is 0 Å². The van der Waals surface area contributed by atoms with Gasteiger partial charge in [0, 0.05) is 36.9 Å². The van der Waals surface area contributed by atoms with E-state index in [4.69, 9.17) is 16.0 Å². The molecule has 1 aliphatic rings. The van der Waals surface area contributed by atoms with Gasteiger partial charge in [0.2, 0.25) is 5.91 Å². The quantitative estimate of drug-likeness (QED) is 0.903. The van der Waals surface area contributed by atoms with Crippen LogP contribution >= 0.6 is 11.6 Å². The minimum absolute atomic E-state index is 0.0247. The molecule has 1 aliphatic heterocycles. The zero-order valence-electron chi connectivity index (χ0n) is 13.7. The SMILES string of the molecule is C[C@@H](NCC(=O)N1CCN(c2cccc(Cl)c2)CC1)c1ccco1. The molecule has 0 bridgehead atoms. The van der Waals surface area contributed by atoms with Crippen molar-refractivity contribution >= 4 is 23.2 Å². The van der Waals surface area contributed by atoms with Gasteiger partial charge >= 0.3 is 0 Å². The molecule has 2 aromatic rings. The lowest BCUT2D eigenvalue weighted by Crippen LogP contribution is -2.51. The molecule has 1 saturated heterocycles. The smallest absolute Gasteiger partial charge is 0.236 e. The van der Waals surface area contributed by atoms with E-state index in [9.17, 15) is 4.79 Å². The predicted octanol–water partition coefficient (Wildman–Crippen LogP) is 2.93. The average Bonchev–Trinajstić information content (AvgIpc) is 3.14. The molecule has 3 rings (SSSR count). The lowest BCUT2D eigenvalue weighted by molar-refractivity contribution is -0.130. The van der Waals surface area contributed by atoms with E-state index < -0.39 is 0 Å². The van der Waals surface area contributed by atoms with Crippen LogP contribution in [-0.2, 0) is 4.79 Å². The van der Waals surface area contributed by atoms with Crippen LogP contribution in [0.15, 0.2) is 47.1 Å². The Morgan fingerprint density at radius 3 is 2.71 bits per heavy atom. The molecule has 6 heteroatoms. The first-order valence-electron chi connectivity index (χ1n) is 8.18. The van der Waals surface area contributed by atoms with Crippen molar-refractivity contribution in [2.45, 2.75) is 13.0 Å². The van der Waals surface area contributed by atoms with Crippen LogP contribution in [0.1, 0.15) is 18.7 Å². The summed E-state index contributed by atoms with van der Waals surface area (Å²) in [5.74, 6) is 0.965. The molecule has 128 valence electrons. The molecule has 0 unspecified atom stereocenters. The van der Waals surface area contributed by atoms with Crippen LogP contribution in [0.25, 0.3) is 0 Å². The Labute approximate surface area is 147 Å². The number of carbonyl (C=O) groups is 1. The number of halogens is 1. The largest absolute Gasteiger partial charge is 0.468 e. The van der Waals surface area contributed by atoms with Crippen LogP contribution in [0.4, 0.5) is 5.69 Å². The zero-order valence-corrected chi connectivity index (χ0v) is 14.5. The zero-order chi connectivity index (χ0) is 16.9. The summed E-state index contributed by atoms with van der Waals surface area (Å²) in [5, 5.41) is 3.95. The molecule has 1 N–H and O–H groups in total. The van der Waals surface area contributed by atoms with Gasteiger partial charge in [-0.1, -0.05) is 17.7 Å². The molecule has 1 amide bonds.